The van der Waals surface area contributed by atoms with Crippen molar-refractivity contribution in [1.82, 2.24) is 19.0 Å². The van der Waals surface area contributed by atoms with Gasteiger partial charge in [0.1, 0.15) is 11.0 Å². The van der Waals surface area contributed by atoms with Gasteiger partial charge in [0.05, 0.1) is 30.9 Å². The maximum Gasteiger partial charge on any atom is 0.222 e. The third kappa shape index (κ3) is 4.25. The summed E-state index contributed by atoms with van der Waals surface area (Å²) in [5.41, 5.74) is 2.81. The Morgan fingerprint density at radius 2 is 2.26 bits per heavy atom. The second kappa shape index (κ2) is 7.33. The van der Waals surface area contributed by atoms with E-state index in [0.717, 1.165) is 29.7 Å². The fraction of sp³-hybridized carbons (Fsp3) is 0.562. The van der Waals surface area contributed by atoms with Crippen molar-refractivity contribution >= 4 is 28.7 Å². The lowest BCUT2D eigenvalue weighted by Crippen LogP contribution is -2.47. The first-order valence-electron chi connectivity index (χ1n) is 7.95. The maximum atomic E-state index is 12.1. The molecule has 2 aromatic rings. The molecule has 1 saturated heterocycles. The molecule has 1 N–H and O–H groups in total. The van der Waals surface area contributed by atoms with E-state index in [1.165, 1.54) is 11.7 Å². The number of aromatic nitrogens is 2. The van der Waals surface area contributed by atoms with Gasteiger partial charge in [-0.3, -0.25) is 9.69 Å². The van der Waals surface area contributed by atoms with Gasteiger partial charge in [0.25, 0.3) is 0 Å². The molecule has 1 aliphatic heterocycles. The molecule has 6 nitrogen and oxygen atoms in total. The van der Waals surface area contributed by atoms with Crippen LogP contribution in [0, 0.1) is 0 Å². The molecule has 1 aromatic heterocycles. The van der Waals surface area contributed by atoms with Crippen LogP contribution in [0.3, 0.4) is 0 Å². The number of carbonyl (C=O) groups excluding carboxylic acids is 1. The molecule has 0 saturated carbocycles. The Bertz CT molecular complexity index is 673. The van der Waals surface area contributed by atoms with Crippen LogP contribution in [-0.2, 0) is 16.1 Å². The quantitative estimate of drug-likeness (QED) is 0.903. The van der Waals surface area contributed by atoms with E-state index in [0.29, 0.717) is 25.6 Å². The molecule has 0 radical (unpaired) electrons. The van der Waals surface area contributed by atoms with Gasteiger partial charge in [0.15, 0.2) is 0 Å². The molecule has 1 aliphatic rings. The molecule has 0 spiro atoms. The predicted molar refractivity (Wildman–Crippen MR) is 90.3 cm³/mol. The standard InChI is InChI=1S/C16H22N4O2S/c1-11(2)20-5-6-22-13(10-20)8-16(21)17-9-12-3-4-14-15(7-12)19-23-18-14/h3-4,7,11,13H,5-6,8-10H2,1-2H3,(H,17,21)/t13-/m1/s1. The second-order valence-electron chi connectivity index (χ2n) is 6.15. The molecule has 1 fully saturated rings. The van der Waals surface area contributed by atoms with Gasteiger partial charge < -0.3 is 10.1 Å². The third-order valence-electron chi connectivity index (χ3n) is 4.12. The molecule has 1 aromatic carbocycles. The van der Waals surface area contributed by atoms with Gasteiger partial charge in [-0.25, -0.2) is 0 Å². The number of hydrogen-bond donors (Lipinski definition) is 1. The molecular formula is C16H22N4O2S. The molecule has 0 bridgehead atoms. The third-order valence-corrected chi connectivity index (χ3v) is 4.68. The van der Waals surface area contributed by atoms with E-state index < -0.39 is 0 Å². The topological polar surface area (TPSA) is 67.3 Å². The first-order chi connectivity index (χ1) is 11.1. The Hall–Kier alpha value is -1.57. The molecule has 0 unspecified atom stereocenters. The molecule has 0 aliphatic carbocycles. The number of nitrogens with zero attached hydrogens (tertiary/aromatic N) is 3. The second-order valence-corrected chi connectivity index (χ2v) is 6.68. The van der Waals surface area contributed by atoms with Gasteiger partial charge in [-0.2, -0.15) is 8.75 Å². The summed E-state index contributed by atoms with van der Waals surface area (Å²) >= 11 is 1.20. The lowest BCUT2D eigenvalue weighted by molar-refractivity contribution is -0.126. The summed E-state index contributed by atoms with van der Waals surface area (Å²) in [7, 11) is 0. The minimum absolute atomic E-state index is 0.0172. The maximum absolute atomic E-state index is 12.1. The molecule has 7 heteroatoms. The summed E-state index contributed by atoms with van der Waals surface area (Å²) in [6.07, 6.45) is 0.389. The Labute approximate surface area is 140 Å². The molecule has 2 heterocycles. The highest BCUT2D eigenvalue weighted by atomic mass is 32.1. The van der Waals surface area contributed by atoms with Crippen LogP contribution in [0.4, 0.5) is 0 Å². The summed E-state index contributed by atoms with van der Waals surface area (Å²) < 4.78 is 14.1. The zero-order valence-corrected chi connectivity index (χ0v) is 14.3. The van der Waals surface area contributed by atoms with Gasteiger partial charge >= 0.3 is 0 Å². The van der Waals surface area contributed by atoms with Crippen molar-refractivity contribution in [2.75, 3.05) is 19.7 Å². The fourth-order valence-corrected chi connectivity index (χ4v) is 3.27. The van der Waals surface area contributed by atoms with Crippen molar-refractivity contribution < 1.29 is 9.53 Å². The van der Waals surface area contributed by atoms with Gasteiger partial charge in [0, 0.05) is 25.7 Å². The van der Waals surface area contributed by atoms with Crippen molar-refractivity contribution in [1.29, 1.82) is 0 Å². The first-order valence-corrected chi connectivity index (χ1v) is 8.68. The number of morpholine rings is 1. The van der Waals surface area contributed by atoms with E-state index in [1.54, 1.807) is 0 Å². The molecule has 23 heavy (non-hydrogen) atoms. The zero-order chi connectivity index (χ0) is 16.2. The lowest BCUT2D eigenvalue weighted by atomic mass is 10.1. The van der Waals surface area contributed by atoms with Crippen LogP contribution in [0.5, 0.6) is 0 Å². The van der Waals surface area contributed by atoms with E-state index in [4.69, 9.17) is 4.74 Å². The first kappa shape index (κ1) is 16.3. The van der Waals surface area contributed by atoms with Crippen LogP contribution >= 0.6 is 11.7 Å². The minimum Gasteiger partial charge on any atom is -0.375 e. The SMILES string of the molecule is CC(C)N1CCO[C@H](CC(=O)NCc2ccc3nsnc3c2)C1. The molecular weight excluding hydrogens is 312 g/mol. The van der Waals surface area contributed by atoms with Crippen LogP contribution in [0.15, 0.2) is 18.2 Å². The summed E-state index contributed by atoms with van der Waals surface area (Å²) in [4.78, 5) is 14.5. The van der Waals surface area contributed by atoms with Gasteiger partial charge in [0.2, 0.25) is 5.91 Å². The number of hydrogen-bond acceptors (Lipinski definition) is 6. The Balaban J connectivity index is 1.49. The minimum atomic E-state index is -0.0172. The average molecular weight is 334 g/mol. The van der Waals surface area contributed by atoms with Gasteiger partial charge in [-0.1, -0.05) is 6.07 Å². The van der Waals surface area contributed by atoms with Crippen LogP contribution in [0.2, 0.25) is 0 Å². The molecule has 1 amide bonds. The van der Waals surface area contributed by atoms with Crippen LogP contribution in [-0.4, -0.2) is 51.4 Å². The van der Waals surface area contributed by atoms with Crippen molar-refractivity contribution in [3.63, 3.8) is 0 Å². The van der Waals surface area contributed by atoms with E-state index in [9.17, 15) is 4.79 Å². The Morgan fingerprint density at radius 1 is 1.43 bits per heavy atom. The summed E-state index contributed by atoms with van der Waals surface area (Å²) in [5.74, 6) is 0.0251. The van der Waals surface area contributed by atoms with Crippen LogP contribution in [0.1, 0.15) is 25.8 Å². The van der Waals surface area contributed by atoms with E-state index in [1.807, 2.05) is 18.2 Å². The number of ether oxygens (including phenoxy) is 1. The van der Waals surface area contributed by atoms with Crippen molar-refractivity contribution in [3.05, 3.63) is 23.8 Å². The van der Waals surface area contributed by atoms with Crippen molar-refractivity contribution in [2.24, 2.45) is 0 Å². The summed E-state index contributed by atoms with van der Waals surface area (Å²) in [6, 6.07) is 6.37. The van der Waals surface area contributed by atoms with Crippen molar-refractivity contribution in [3.8, 4) is 0 Å². The van der Waals surface area contributed by atoms with Crippen LogP contribution < -0.4 is 5.32 Å². The van der Waals surface area contributed by atoms with Gasteiger partial charge in [-0.05, 0) is 31.5 Å². The zero-order valence-electron chi connectivity index (χ0n) is 13.5. The van der Waals surface area contributed by atoms with Crippen LogP contribution in [0.25, 0.3) is 11.0 Å². The fourth-order valence-electron chi connectivity index (χ4n) is 2.75. The smallest absolute Gasteiger partial charge is 0.222 e. The molecule has 3 rings (SSSR count). The molecule has 1 atom stereocenters. The number of carbonyl (C=O) groups is 1. The van der Waals surface area contributed by atoms with Crippen molar-refractivity contribution in [2.45, 2.75) is 39.0 Å². The molecule has 124 valence electrons. The number of nitrogens with one attached hydrogen (secondary N) is 1. The van der Waals surface area contributed by atoms with E-state index in [-0.39, 0.29) is 12.0 Å². The van der Waals surface area contributed by atoms with E-state index >= 15 is 0 Å². The Kier molecular flexibility index (Phi) is 5.20. The average Bonchev–Trinajstić information content (AvgIpc) is 3.01. The largest absolute Gasteiger partial charge is 0.375 e. The number of amides is 1. The van der Waals surface area contributed by atoms with E-state index in [2.05, 4.69) is 32.8 Å². The number of rotatable bonds is 5. The summed E-state index contributed by atoms with van der Waals surface area (Å²) in [6.45, 7) is 7.31. The normalized spacial score (nSPS) is 19.3. The van der Waals surface area contributed by atoms with Gasteiger partial charge in [-0.15, -0.1) is 0 Å². The summed E-state index contributed by atoms with van der Waals surface area (Å²) in [5, 5.41) is 2.96. The monoisotopic (exact) mass is 334 g/mol. The lowest BCUT2D eigenvalue weighted by Gasteiger charge is -2.35. The Morgan fingerprint density at radius 3 is 3.09 bits per heavy atom. The number of fused-ring (bicyclic) bond motifs is 1. The highest BCUT2D eigenvalue weighted by molar-refractivity contribution is 7.00. The highest BCUT2D eigenvalue weighted by Gasteiger charge is 2.24. The highest BCUT2D eigenvalue weighted by Crippen LogP contribution is 2.14. The number of benzene rings is 1. The predicted octanol–water partition coefficient (Wildman–Crippen LogP) is 1.81.